The molecule has 2 N–H and O–H groups in total. The van der Waals surface area contributed by atoms with Gasteiger partial charge in [-0.1, -0.05) is 0 Å². The van der Waals surface area contributed by atoms with Gasteiger partial charge in [-0.15, -0.1) is 5.10 Å². The summed E-state index contributed by atoms with van der Waals surface area (Å²) in [6, 6.07) is 22.9. The van der Waals surface area contributed by atoms with Crippen molar-refractivity contribution in [3.05, 3.63) is 89.5 Å². The number of nitrogens with zero attached hydrogens (tertiary/aromatic N) is 4. The number of benzene rings is 3. The van der Waals surface area contributed by atoms with E-state index in [0.29, 0.717) is 0 Å². The molecule has 0 saturated carbocycles. The Morgan fingerprint density at radius 2 is 0.811 bits per heavy atom. The molecule has 0 aromatic heterocycles. The number of methoxy groups -OCH3 is 3. The molecule has 3 aromatic carbocycles. The summed E-state index contributed by atoms with van der Waals surface area (Å²) in [5.74, 6) is 2.59. The first kappa shape index (κ1) is 26.9. The maximum absolute atomic E-state index is 5.23. The molecule has 0 saturated heterocycles. The van der Waals surface area contributed by atoms with Gasteiger partial charge in [-0.2, -0.15) is 15.3 Å². The van der Waals surface area contributed by atoms with Crippen LogP contribution in [0.4, 0.5) is 0 Å². The van der Waals surface area contributed by atoms with E-state index < -0.39 is 0 Å². The lowest BCUT2D eigenvalue weighted by atomic mass is 10.1. The third-order valence-electron chi connectivity index (χ3n) is 5.48. The largest absolute Gasteiger partial charge is 0.497 e. The highest BCUT2D eigenvalue weighted by molar-refractivity contribution is 6.01. The van der Waals surface area contributed by atoms with Crippen molar-refractivity contribution < 1.29 is 14.2 Å². The van der Waals surface area contributed by atoms with Crippen LogP contribution in [0, 0.1) is 0 Å². The van der Waals surface area contributed by atoms with Gasteiger partial charge in [0.25, 0.3) is 5.96 Å². The second-order valence-electron chi connectivity index (χ2n) is 7.94. The van der Waals surface area contributed by atoms with Gasteiger partial charge in [-0.05, 0) is 110 Å². The number of guanidine groups is 1. The topological polar surface area (TPSA) is 101 Å². The molecule has 0 heterocycles. The zero-order valence-electron chi connectivity index (χ0n) is 21.9. The fourth-order valence-corrected chi connectivity index (χ4v) is 3.15. The molecule has 0 atom stereocenters. The molecule has 0 amide bonds. The Labute approximate surface area is 217 Å². The summed E-state index contributed by atoms with van der Waals surface area (Å²) in [5, 5.41) is 17.6. The van der Waals surface area contributed by atoms with Crippen LogP contribution in [0.15, 0.2) is 93.2 Å². The zero-order valence-corrected chi connectivity index (χ0v) is 21.9. The summed E-state index contributed by atoms with van der Waals surface area (Å²) in [6.07, 6.45) is 0. The van der Waals surface area contributed by atoms with Gasteiger partial charge in [-0.25, -0.2) is 10.9 Å². The molecule has 0 bridgehead atoms. The standard InChI is InChI=1S/C28H32N6O3/c1-19(22-7-13-25(35-4)14-8-22)29-32-28(33-30-20(2)23-9-15-26(36-5)16-10-23)34-31-21(3)24-11-17-27(37-6)18-12-24/h7-18H,1-6H3,(H2,32,33,34)/b29-19+,30-20+,31-21+. The Morgan fingerprint density at radius 1 is 0.486 bits per heavy atom. The summed E-state index contributed by atoms with van der Waals surface area (Å²) < 4.78 is 15.7. The van der Waals surface area contributed by atoms with Gasteiger partial charge in [0.05, 0.1) is 38.5 Å². The first-order valence-electron chi connectivity index (χ1n) is 11.6. The Hall–Kier alpha value is -4.66. The average molecular weight is 501 g/mol. The van der Waals surface area contributed by atoms with Crippen molar-refractivity contribution in [2.24, 2.45) is 20.4 Å². The van der Waals surface area contributed by atoms with Crippen LogP contribution >= 0.6 is 0 Å². The monoisotopic (exact) mass is 500 g/mol. The fraction of sp³-hybridized carbons (Fsp3) is 0.214. The molecule has 9 nitrogen and oxygen atoms in total. The minimum Gasteiger partial charge on any atom is -0.497 e. The van der Waals surface area contributed by atoms with Crippen molar-refractivity contribution in [3.8, 4) is 17.2 Å². The van der Waals surface area contributed by atoms with E-state index >= 15 is 0 Å². The van der Waals surface area contributed by atoms with Gasteiger partial charge in [-0.3, -0.25) is 0 Å². The van der Waals surface area contributed by atoms with E-state index in [1.807, 2.05) is 93.6 Å². The van der Waals surface area contributed by atoms with Crippen molar-refractivity contribution in [1.29, 1.82) is 0 Å². The SMILES string of the molecule is COc1ccc(/C(C)=N/N=C(N/N=C(\C)c2ccc(OC)cc2)N/N=C(\C)c2ccc(OC)cc2)cc1. The molecule has 0 aliphatic carbocycles. The van der Waals surface area contributed by atoms with E-state index in [-0.39, 0.29) is 5.96 Å². The van der Waals surface area contributed by atoms with E-state index in [4.69, 9.17) is 14.2 Å². The van der Waals surface area contributed by atoms with Crippen LogP contribution in [-0.2, 0) is 0 Å². The Bertz CT molecular complexity index is 1210. The lowest BCUT2D eigenvalue weighted by molar-refractivity contribution is 0.414. The van der Waals surface area contributed by atoms with Crippen LogP contribution in [0.3, 0.4) is 0 Å². The molecule has 3 aromatic rings. The number of rotatable bonds is 9. The highest BCUT2D eigenvalue weighted by Gasteiger charge is 2.04. The average Bonchev–Trinajstić information content (AvgIpc) is 2.96. The van der Waals surface area contributed by atoms with Crippen LogP contribution in [0.2, 0.25) is 0 Å². The Balaban J connectivity index is 1.83. The lowest BCUT2D eigenvalue weighted by Gasteiger charge is -2.08. The molecule has 0 radical (unpaired) electrons. The van der Waals surface area contributed by atoms with Crippen molar-refractivity contribution in [1.82, 2.24) is 10.9 Å². The summed E-state index contributed by atoms with van der Waals surface area (Å²) in [5.41, 5.74) is 10.9. The molecular weight excluding hydrogens is 468 g/mol. The fourth-order valence-electron chi connectivity index (χ4n) is 3.15. The van der Waals surface area contributed by atoms with Gasteiger partial charge in [0, 0.05) is 0 Å². The molecule has 192 valence electrons. The molecule has 0 fully saturated rings. The predicted molar refractivity (Wildman–Crippen MR) is 149 cm³/mol. The first-order valence-corrected chi connectivity index (χ1v) is 11.6. The van der Waals surface area contributed by atoms with Crippen LogP contribution in [0.5, 0.6) is 17.2 Å². The van der Waals surface area contributed by atoms with E-state index in [1.54, 1.807) is 21.3 Å². The minimum atomic E-state index is 0.258. The third-order valence-corrected chi connectivity index (χ3v) is 5.48. The molecule has 0 aliphatic heterocycles. The summed E-state index contributed by atoms with van der Waals surface area (Å²) in [4.78, 5) is 0. The van der Waals surface area contributed by atoms with Gasteiger partial charge in [0.15, 0.2) is 0 Å². The highest BCUT2D eigenvalue weighted by atomic mass is 16.5. The van der Waals surface area contributed by atoms with Crippen molar-refractivity contribution in [3.63, 3.8) is 0 Å². The maximum atomic E-state index is 5.23. The zero-order chi connectivity index (χ0) is 26.6. The molecule has 0 spiro atoms. The molecule has 9 heteroatoms. The number of hydrogen-bond donors (Lipinski definition) is 2. The third kappa shape index (κ3) is 7.93. The van der Waals surface area contributed by atoms with E-state index in [9.17, 15) is 0 Å². The Kier molecular flexibility index (Phi) is 9.78. The van der Waals surface area contributed by atoms with Crippen molar-refractivity contribution in [2.75, 3.05) is 21.3 Å². The quantitative estimate of drug-likeness (QED) is 0.249. The molecular formula is C28H32N6O3. The van der Waals surface area contributed by atoms with Gasteiger partial charge < -0.3 is 14.2 Å². The van der Waals surface area contributed by atoms with Crippen molar-refractivity contribution in [2.45, 2.75) is 20.8 Å². The maximum Gasteiger partial charge on any atom is 0.257 e. The highest BCUT2D eigenvalue weighted by Crippen LogP contribution is 2.14. The number of hydrazone groups is 2. The summed E-state index contributed by atoms with van der Waals surface area (Å²) in [6.45, 7) is 5.66. The smallest absolute Gasteiger partial charge is 0.257 e. The first-order chi connectivity index (χ1) is 17.9. The van der Waals surface area contributed by atoms with E-state index in [2.05, 4.69) is 31.3 Å². The van der Waals surface area contributed by atoms with E-state index in [0.717, 1.165) is 51.1 Å². The number of hydrogen-bond acceptors (Lipinski definition) is 7. The predicted octanol–water partition coefficient (Wildman–Crippen LogP) is 4.82. The molecule has 37 heavy (non-hydrogen) atoms. The van der Waals surface area contributed by atoms with Crippen LogP contribution in [0.1, 0.15) is 37.5 Å². The number of ether oxygens (including phenoxy) is 3. The number of nitrogens with one attached hydrogen (secondary N) is 2. The van der Waals surface area contributed by atoms with E-state index in [1.165, 1.54) is 0 Å². The minimum absolute atomic E-state index is 0.258. The van der Waals surface area contributed by atoms with Gasteiger partial charge in [0.2, 0.25) is 0 Å². The van der Waals surface area contributed by atoms with Crippen LogP contribution < -0.4 is 25.1 Å². The lowest BCUT2D eigenvalue weighted by Crippen LogP contribution is -2.32. The second-order valence-corrected chi connectivity index (χ2v) is 7.94. The molecule has 0 aliphatic rings. The van der Waals surface area contributed by atoms with Crippen LogP contribution in [-0.4, -0.2) is 44.4 Å². The van der Waals surface area contributed by atoms with Gasteiger partial charge in [0.1, 0.15) is 17.2 Å². The Morgan fingerprint density at radius 3 is 1.14 bits per heavy atom. The molecule has 3 rings (SSSR count). The van der Waals surface area contributed by atoms with Crippen molar-refractivity contribution >= 4 is 23.1 Å². The summed E-state index contributed by atoms with van der Waals surface area (Å²) in [7, 11) is 4.90. The second kappa shape index (κ2) is 13.4. The van der Waals surface area contributed by atoms with Crippen LogP contribution in [0.25, 0.3) is 0 Å². The molecule has 0 unspecified atom stereocenters. The normalized spacial score (nSPS) is 12.0. The van der Waals surface area contributed by atoms with Gasteiger partial charge >= 0.3 is 0 Å². The summed E-state index contributed by atoms with van der Waals surface area (Å²) >= 11 is 0.